The largest absolute Gasteiger partial charge is 0.456 e. The van der Waals surface area contributed by atoms with Gasteiger partial charge in [-0.2, -0.15) is 34.6 Å². The number of carbonyl (C=O) groups is 1. The molecule has 0 aliphatic heterocycles. The third-order valence-corrected chi connectivity index (χ3v) is 2.75. The van der Waals surface area contributed by atoms with Crippen LogP contribution in [-0.4, -0.2) is 34.9 Å². The maximum Gasteiger partial charge on any atom is 0.456 e. The van der Waals surface area contributed by atoms with Gasteiger partial charge in [0.25, 0.3) is 0 Å². The predicted octanol–water partition coefficient (Wildman–Crippen LogP) is 3.10. The van der Waals surface area contributed by atoms with Crippen molar-refractivity contribution in [2.45, 2.75) is 24.7 Å². The van der Waals surface area contributed by atoms with Gasteiger partial charge in [0.05, 0.1) is 0 Å². The number of hydrogen-bond acceptors (Lipinski definition) is 3. The van der Waals surface area contributed by atoms with Crippen molar-refractivity contribution in [3.8, 4) is 0 Å². The first-order valence-electron chi connectivity index (χ1n) is 4.00. The molecular weight excluding hydrogens is 278 g/mol. The SMILES string of the molecule is O=C(SCCCS)C(F)C(F)(F)C(F)(F)F. The van der Waals surface area contributed by atoms with Crippen LogP contribution in [0.1, 0.15) is 6.42 Å². The molecule has 1 unspecified atom stereocenters. The van der Waals surface area contributed by atoms with Crippen molar-refractivity contribution >= 4 is 29.5 Å². The minimum Gasteiger partial charge on any atom is -0.284 e. The Kier molecular flexibility index (Phi) is 6.02. The Balaban J connectivity index is 4.43. The van der Waals surface area contributed by atoms with Crippen molar-refractivity contribution in [2.75, 3.05) is 11.5 Å². The quantitative estimate of drug-likeness (QED) is 0.475. The minimum absolute atomic E-state index is 0.0449. The molecule has 0 radical (unpaired) electrons. The zero-order chi connectivity index (χ0) is 13.0. The Morgan fingerprint density at radius 3 is 2.12 bits per heavy atom. The molecule has 1 atom stereocenters. The summed E-state index contributed by atoms with van der Waals surface area (Å²) in [6.45, 7) is 0. The zero-order valence-electron chi connectivity index (χ0n) is 7.73. The number of hydrogen-bond donors (Lipinski definition) is 1. The van der Waals surface area contributed by atoms with Crippen molar-refractivity contribution in [1.82, 2.24) is 0 Å². The predicted molar refractivity (Wildman–Crippen MR) is 51.8 cm³/mol. The molecule has 0 aromatic heterocycles. The summed E-state index contributed by atoms with van der Waals surface area (Å²) in [5.41, 5.74) is 0. The van der Waals surface area contributed by atoms with Crippen LogP contribution in [0.4, 0.5) is 26.3 Å². The van der Waals surface area contributed by atoms with Crippen LogP contribution in [0.5, 0.6) is 0 Å². The van der Waals surface area contributed by atoms with Crippen LogP contribution in [0, 0.1) is 0 Å². The van der Waals surface area contributed by atoms with Crippen LogP contribution >= 0.6 is 24.4 Å². The number of thioether (sulfide) groups is 1. The maximum atomic E-state index is 12.6. The van der Waals surface area contributed by atoms with E-state index in [0.29, 0.717) is 12.2 Å². The molecule has 96 valence electrons. The van der Waals surface area contributed by atoms with Gasteiger partial charge < -0.3 is 0 Å². The van der Waals surface area contributed by atoms with E-state index in [1.165, 1.54) is 0 Å². The summed E-state index contributed by atoms with van der Waals surface area (Å²) >= 11 is 3.84. The highest BCUT2D eigenvalue weighted by Gasteiger charge is 2.65. The molecule has 0 aliphatic rings. The van der Waals surface area contributed by atoms with Gasteiger partial charge in [0.15, 0.2) is 0 Å². The van der Waals surface area contributed by atoms with Gasteiger partial charge in [-0.15, -0.1) is 0 Å². The summed E-state index contributed by atoms with van der Waals surface area (Å²) < 4.78 is 72.3. The molecule has 0 fully saturated rings. The van der Waals surface area contributed by atoms with E-state index < -0.39 is 23.4 Å². The van der Waals surface area contributed by atoms with E-state index in [0.717, 1.165) is 0 Å². The summed E-state index contributed by atoms with van der Waals surface area (Å²) in [6, 6.07) is 0. The van der Waals surface area contributed by atoms with E-state index in [-0.39, 0.29) is 17.5 Å². The third-order valence-electron chi connectivity index (χ3n) is 1.45. The van der Waals surface area contributed by atoms with Crippen LogP contribution in [0.15, 0.2) is 0 Å². The molecule has 0 spiro atoms. The van der Waals surface area contributed by atoms with Gasteiger partial charge in [-0.1, -0.05) is 11.8 Å². The summed E-state index contributed by atoms with van der Waals surface area (Å²) in [4.78, 5) is 10.7. The Hall–Kier alpha value is -0.0500. The van der Waals surface area contributed by atoms with E-state index in [1.54, 1.807) is 0 Å². The fraction of sp³-hybridized carbons (Fsp3) is 0.857. The van der Waals surface area contributed by atoms with Crippen LogP contribution in [-0.2, 0) is 4.79 Å². The number of rotatable bonds is 5. The summed E-state index contributed by atoms with van der Waals surface area (Å²) in [5.74, 6) is -5.36. The summed E-state index contributed by atoms with van der Waals surface area (Å²) in [5, 5.41) is -1.82. The van der Waals surface area contributed by atoms with Crippen molar-refractivity contribution in [2.24, 2.45) is 0 Å². The lowest BCUT2D eigenvalue weighted by Crippen LogP contribution is -2.47. The van der Waals surface area contributed by atoms with E-state index in [9.17, 15) is 31.1 Å². The minimum atomic E-state index is -6.06. The molecule has 0 aromatic rings. The van der Waals surface area contributed by atoms with Gasteiger partial charge in [0, 0.05) is 5.75 Å². The second-order valence-corrected chi connectivity index (χ2v) is 4.27. The molecule has 0 saturated heterocycles. The molecule has 0 rings (SSSR count). The molecule has 0 bridgehead atoms. The fourth-order valence-electron chi connectivity index (χ4n) is 0.602. The Labute approximate surface area is 97.4 Å². The van der Waals surface area contributed by atoms with E-state index in [1.807, 2.05) is 0 Å². The molecule has 0 amide bonds. The zero-order valence-corrected chi connectivity index (χ0v) is 9.44. The monoisotopic (exact) mass is 286 g/mol. The van der Waals surface area contributed by atoms with Gasteiger partial charge in [-0.05, 0) is 12.2 Å². The van der Waals surface area contributed by atoms with Gasteiger partial charge in [0.2, 0.25) is 11.3 Å². The first-order chi connectivity index (χ1) is 7.14. The molecule has 16 heavy (non-hydrogen) atoms. The van der Waals surface area contributed by atoms with E-state index in [2.05, 4.69) is 12.6 Å². The normalized spacial score (nSPS) is 14.9. The molecule has 0 saturated carbocycles. The van der Waals surface area contributed by atoms with Gasteiger partial charge in [-0.3, -0.25) is 4.79 Å². The lowest BCUT2D eigenvalue weighted by Gasteiger charge is -2.21. The molecule has 0 aliphatic carbocycles. The number of thiol groups is 1. The van der Waals surface area contributed by atoms with E-state index >= 15 is 0 Å². The second kappa shape index (κ2) is 6.04. The highest BCUT2D eigenvalue weighted by atomic mass is 32.2. The van der Waals surface area contributed by atoms with Gasteiger partial charge >= 0.3 is 12.1 Å². The standard InChI is InChI=1S/C7H8F6OS2/c8-4(5(14)16-3-1-2-15)6(9,10)7(11,12)13/h4,15H,1-3H2. The topological polar surface area (TPSA) is 17.1 Å². The first kappa shape index (κ1) is 16.0. The Bertz CT molecular complexity index is 242. The molecular formula is C7H8F6OS2. The smallest absolute Gasteiger partial charge is 0.284 e. The molecule has 1 nitrogen and oxygen atoms in total. The fourth-order valence-corrected chi connectivity index (χ4v) is 1.76. The van der Waals surface area contributed by atoms with Crippen molar-refractivity contribution in [3.63, 3.8) is 0 Å². The molecule has 0 N–H and O–H groups in total. The highest BCUT2D eigenvalue weighted by Crippen LogP contribution is 2.40. The van der Waals surface area contributed by atoms with Crippen LogP contribution in [0.2, 0.25) is 0 Å². The summed E-state index contributed by atoms with van der Waals surface area (Å²) in [7, 11) is 0. The average molecular weight is 286 g/mol. The summed E-state index contributed by atoms with van der Waals surface area (Å²) in [6.07, 6.45) is -9.62. The van der Waals surface area contributed by atoms with Crippen LogP contribution < -0.4 is 0 Å². The van der Waals surface area contributed by atoms with Crippen molar-refractivity contribution < 1.29 is 31.1 Å². The Morgan fingerprint density at radius 2 is 1.75 bits per heavy atom. The molecule has 9 heteroatoms. The number of carbonyl (C=O) groups excluding carboxylic acids is 1. The van der Waals surface area contributed by atoms with E-state index in [4.69, 9.17) is 0 Å². The first-order valence-corrected chi connectivity index (χ1v) is 5.62. The van der Waals surface area contributed by atoms with Gasteiger partial charge in [-0.25, -0.2) is 4.39 Å². The van der Waals surface area contributed by atoms with Crippen LogP contribution in [0.3, 0.4) is 0 Å². The van der Waals surface area contributed by atoms with Crippen molar-refractivity contribution in [1.29, 1.82) is 0 Å². The van der Waals surface area contributed by atoms with Crippen molar-refractivity contribution in [3.05, 3.63) is 0 Å². The lowest BCUT2D eigenvalue weighted by atomic mass is 10.2. The van der Waals surface area contributed by atoms with Gasteiger partial charge in [0.1, 0.15) is 0 Å². The Morgan fingerprint density at radius 1 is 1.25 bits per heavy atom. The molecule has 0 heterocycles. The second-order valence-electron chi connectivity index (χ2n) is 2.73. The van der Waals surface area contributed by atoms with Crippen LogP contribution in [0.25, 0.3) is 0 Å². The average Bonchev–Trinajstić information content (AvgIpc) is 2.15. The number of alkyl halides is 6. The maximum absolute atomic E-state index is 12.6. The third kappa shape index (κ3) is 4.08. The molecule has 0 aromatic carbocycles. The highest BCUT2D eigenvalue weighted by molar-refractivity contribution is 8.13. The lowest BCUT2D eigenvalue weighted by molar-refractivity contribution is -0.297. The number of halogens is 6.